The Morgan fingerprint density at radius 3 is 2.68 bits per heavy atom. The average Bonchev–Trinajstić information content (AvgIpc) is 2.89. The highest BCUT2D eigenvalue weighted by Crippen LogP contribution is 2.19. The summed E-state index contributed by atoms with van der Waals surface area (Å²) in [5.41, 5.74) is -0.0378. The third-order valence-electron chi connectivity index (χ3n) is 2.31. The number of amides is 1. The number of halogens is 1. The molecule has 0 radical (unpaired) electrons. The molecule has 0 fully saturated rings. The minimum absolute atomic E-state index is 0.0378. The van der Waals surface area contributed by atoms with Crippen LogP contribution in [0.2, 0.25) is 0 Å². The maximum atomic E-state index is 12.7. The van der Waals surface area contributed by atoms with Crippen molar-refractivity contribution in [1.82, 2.24) is 10.3 Å². The van der Waals surface area contributed by atoms with E-state index in [-0.39, 0.29) is 5.69 Å². The normalized spacial score (nSPS) is 11.8. The number of thiophene rings is 1. The molecule has 1 unspecified atom stereocenters. The Morgan fingerprint density at radius 2 is 2.16 bits per heavy atom. The van der Waals surface area contributed by atoms with Crippen molar-refractivity contribution in [2.45, 2.75) is 6.04 Å². The van der Waals surface area contributed by atoms with E-state index < -0.39 is 23.7 Å². The molecule has 0 aliphatic rings. The Hall–Kier alpha value is -2.28. The van der Waals surface area contributed by atoms with E-state index in [0.29, 0.717) is 4.88 Å². The highest BCUT2D eigenvalue weighted by Gasteiger charge is 2.23. The average molecular weight is 280 g/mol. The van der Waals surface area contributed by atoms with E-state index in [0.717, 1.165) is 12.3 Å². The van der Waals surface area contributed by atoms with Gasteiger partial charge in [-0.3, -0.25) is 4.79 Å². The topological polar surface area (TPSA) is 79.3 Å². The summed E-state index contributed by atoms with van der Waals surface area (Å²) >= 11 is 1.22. The SMILES string of the molecule is O=C(NC(C(=O)O)c1cccs1)c1ccc(F)cn1. The number of carbonyl (C=O) groups excluding carboxylic acids is 1. The van der Waals surface area contributed by atoms with Gasteiger partial charge in [-0.1, -0.05) is 6.07 Å². The minimum Gasteiger partial charge on any atom is -0.479 e. The summed E-state index contributed by atoms with van der Waals surface area (Å²) in [6.45, 7) is 0. The van der Waals surface area contributed by atoms with Gasteiger partial charge in [0.1, 0.15) is 11.5 Å². The molecule has 2 aromatic heterocycles. The molecule has 0 saturated heterocycles. The number of nitrogens with zero attached hydrogens (tertiary/aromatic N) is 1. The highest BCUT2D eigenvalue weighted by molar-refractivity contribution is 7.10. The van der Waals surface area contributed by atoms with E-state index >= 15 is 0 Å². The van der Waals surface area contributed by atoms with Gasteiger partial charge in [-0.25, -0.2) is 14.2 Å². The van der Waals surface area contributed by atoms with Crippen LogP contribution in [0.15, 0.2) is 35.8 Å². The van der Waals surface area contributed by atoms with Crippen LogP contribution in [0.3, 0.4) is 0 Å². The van der Waals surface area contributed by atoms with E-state index in [4.69, 9.17) is 5.11 Å². The van der Waals surface area contributed by atoms with Crippen molar-refractivity contribution in [3.63, 3.8) is 0 Å². The van der Waals surface area contributed by atoms with E-state index in [1.807, 2.05) is 0 Å². The van der Waals surface area contributed by atoms with Crippen LogP contribution in [0.1, 0.15) is 21.4 Å². The van der Waals surface area contributed by atoms with Crippen molar-refractivity contribution in [2.24, 2.45) is 0 Å². The van der Waals surface area contributed by atoms with Gasteiger partial charge in [0.05, 0.1) is 6.20 Å². The molecule has 5 nitrogen and oxygen atoms in total. The Kier molecular flexibility index (Phi) is 3.86. The van der Waals surface area contributed by atoms with Crippen molar-refractivity contribution in [3.05, 3.63) is 52.2 Å². The molecule has 0 aliphatic heterocycles. The molecule has 0 spiro atoms. The van der Waals surface area contributed by atoms with Crippen molar-refractivity contribution in [3.8, 4) is 0 Å². The number of carbonyl (C=O) groups is 2. The van der Waals surface area contributed by atoms with E-state index in [2.05, 4.69) is 10.3 Å². The second-order valence-electron chi connectivity index (χ2n) is 3.62. The van der Waals surface area contributed by atoms with Gasteiger partial charge in [-0.15, -0.1) is 11.3 Å². The van der Waals surface area contributed by atoms with Crippen molar-refractivity contribution >= 4 is 23.2 Å². The molecule has 1 amide bonds. The maximum Gasteiger partial charge on any atom is 0.331 e. The molecule has 2 N–H and O–H groups in total. The van der Waals surface area contributed by atoms with Crippen LogP contribution in [0.5, 0.6) is 0 Å². The van der Waals surface area contributed by atoms with Gasteiger partial charge in [0, 0.05) is 4.88 Å². The fourth-order valence-corrected chi connectivity index (χ4v) is 2.19. The van der Waals surface area contributed by atoms with Crippen molar-refractivity contribution in [1.29, 1.82) is 0 Å². The Balaban J connectivity index is 2.16. The summed E-state index contributed by atoms with van der Waals surface area (Å²) in [6, 6.07) is 4.44. The molecule has 2 rings (SSSR count). The van der Waals surface area contributed by atoms with Crippen LogP contribution in [0, 0.1) is 5.82 Å². The van der Waals surface area contributed by atoms with Crippen molar-refractivity contribution < 1.29 is 19.1 Å². The summed E-state index contributed by atoms with van der Waals surface area (Å²) in [7, 11) is 0. The molecular formula is C12H9FN2O3S. The molecule has 98 valence electrons. The lowest BCUT2D eigenvalue weighted by atomic mass is 10.2. The van der Waals surface area contributed by atoms with Crippen LogP contribution < -0.4 is 5.32 Å². The lowest BCUT2D eigenvalue weighted by Gasteiger charge is -2.12. The highest BCUT2D eigenvalue weighted by atomic mass is 32.1. The molecule has 7 heteroatoms. The lowest BCUT2D eigenvalue weighted by Crippen LogP contribution is -2.33. The summed E-state index contributed by atoms with van der Waals surface area (Å²) in [6.07, 6.45) is 0.899. The van der Waals surface area contributed by atoms with Crippen LogP contribution >= 0.6 is 11.3 Å². The number of nitrogens with one attached hydrogen (secondary N) is 1. The smallest absolute Gasteiger partial charge is 0.331 e. The van der Waals surface area contributed by atoms with Crippen LogP contribution in [0.25, 0.3) is 0 Å². The molecule has 0 saturated carbocycles. The van der Waals surface area contributed by atoms with E-state index in [9.17, 15) is 14.0 Å². The van der Waals surface area contributed by atoms with Crippen molar-refractivity contribution in [2.75, 3.05) is 0 Å². The molecule has 0 aliphatic carbocycles. The summed E-state index contributed by atoms with van der Waals surface area (Å²) in [4.78, 5) is 27.0. The second kappa shape index (κ2) is 5.57. The zero-order valence-electron chi connectivity index (χ0n) is 9.54. The van der Waals surface area contributed by atoms with Crippen LogP contribution in [-0.4, -0.2) is 22.0 Å². The molecule has 0 aromatic carbocycles. The van der Waals surface area contributed by atoms with Gasteiger partial charge in [-0.05, 0) is 23.6 Å². The van der Waals surface area contributed by atoms with Gasteiger partial charge >= 0.3 is 5.97 Å². The summed E-state index contributed by atoms with van der Waals surface area (Å²) in [5, 5.41) is 13.2. The first-order valence-electron chi connectivity index (χ1n) is 5.26. The largest absolute Gasteiger partial charge is 0.479 e. The minimum atomic E-state index is -1.17. The standard InChI is InChI=1S/C12H9FN2O3S/c13-7-3-4-8(14-6-7)11(16)15-10(12(17)18)9-2-1-5-19-9/h1-6,10H,(H,15,16)(H,17,18). The first-order chi connectivity index (χ1) is 9.08. The predicted octanol–water partition coefficient (Wildman–Crippen LogP) is 1.84. The lowest BCUT2D eigenvalue weighted by molar-refractivity contribution is -0.139. The monoisotopic (exact) mass is 280 g/mol. The molecule has 2 aromatic rings. The molecular weight excluding hydrogens is 271 g/mol. The Bertz CT molecular complexity index is 584. The van der Waals surface area contributed by atoms with Gasteiger partial charge in [-0.2, -0.15) is 0 Å². The van der Waals surface area contributed by atoms with Gasteiger partial charge in [0.2, 0.25) is 0 Å². The first kappa shape index (κ1) is 13.2. The second-order valence-corrected chi connectivity index (χ2v) is 4.60. The number of hydrogen-bond acceptors (Lipinski definition) is 4. The van der Waals surface area contributed by atoms with Gasteiger partial charge < -0.3 is 10.4 Å². The molecule has 2 heterocycles. The quantitative estimate of drug-likeness (QED) is 0.895. The first-order valence-corrected chi connectivity index (χ1v) is 6.14. The number of pyridine rings is 1. The van der Waals surface area contributed by atoms with Crippen LogP contribution in [0.4, 0.5) is 4.39 Å². The third-order valence-corrected chi connectivity index (χ3v) is 3.25. The number of hydrogen-bond donors (Lipinski definition) is 2. The zero-order valence-corrected chi connectivity index (χ0v) is 10.4. The van der Waals surface area contributed by atoms with Crippen LogP contribution in [-0.2, 0) is 4.79 Å². The number of aliphatic carboxylic acids is 1. The number of carboxylic acids is 1. The number of carboxylic acid groups (broad SMARTS) is 1. The number of rotatable bonds is 4. The van der Waals surface area contributed by atoms with E-state index in [1.54, 1.807) is 17.5 Å². The molecule has 1 atom stereocenters. The van der Waals surface area contributed by atoms with Gasteiger partial charge in [0.25, 0.3) is 5.91 Å². The Morgan fingerprint density at radius 1 is 1.37 bits per heavy atom. The molecule has 0 bridgehead atoms. The fourth-order valence-electron chi connectivity index (χ4n) is 1.43. The van der Waals surface area contributed by atoms with Gasteiger partial charge in [0.15, 0.2) is 6.04 Å². The molecule has 19 heavy (non-hydrogen) atoms. The third kappa shape index (κ3) is 3.14. The number of aromatic nitrogens is 1. The summed E-state index contributed by atoms with van der Waals surface area (Å²) in [5.74, 6) is -2.40. The Labute approximate surface area is 111 Å². The maximum absolute atomic E-state index is 12.7. The summed E-state index contributed by atoms with van der Waals surface area (Å²) < 4.78 is 12.7. The fraction of sp³-hybridized carbons (Fsp3) is 0.0833. The zero-order chi connectivity index (χ0) is 13.8. The predicted molar refractivity (Wildman–Crippen MR) is 66.4 cm³/mol. The van der Waals surface area contributed by atoms with E-state index in [1.165, 1.54) is 17.4 Å².